The van der Waals surface area contributed by atoms with Crippen LogP contribution in [0.25, 0.3) is 0 Å². The molecule has 6 nitrogen and oxygen atoms in total. The third kappa shape index (κ3) is 3.56. The van der Waals surface area contributed by atoms with E-state index in [1.54, 1.807) is 6.92 Å². The minimum atomic E-state index is -3.07. The van der Waals surface area contributed by atoms with Gasteiger partial charge in [0.05, 0.1) is 24.2 Å². The largest absolute Gasteiger partial charge is 0.478 e. The molecule has 0 spiro atoms. The summed E-state index contributed by atoms with van der Waals surface area (Å²) in [5, 5.41) is 13.0. The molecule has 102 valence electrons. The van der Waals surface area contributed by atoms with Crippen LogP contribution < -0.4 is 0 Å². The van der Waals surface area contributed by atoms with Gasteiger partial charge in [-0.15, -0.1) is 0 Å². The highest BCUT2D eigenvalue weighted by Crippen LogP contribution is 2.11. The average Bonchev–Trinajstić information content (AvgIpc) is 2.70. The topological polar surface area (TPSA) is 89.3 Å². The minimum absolute atomic E-state index is 0.0129. The Morgan fingerprint density at radius 3 is 2.61 bits per heavy atom. The molecule has 0 aliphatic carbocycles. The van der Waals surface area contributed by atoms with Crippen molar-refractivity contribution in [2.24, 2.45) is 0 Å². The number of sulfone groups is 1. The van der Waals surface area contributed by atoms with Gasteiger partial charge in [0.25, 0.3) is 0 Å². The second kappa shape index (κ2) is 5.99. The maximum absolute atomic E-state index is 11.4. The highest BCUT2D eigenvalue weighted by Gasteiger charge is 2.17. The number of nitrogens with zero attached hydrogens (tertiary/aromatic N) is 2. The van der Waals surface area contributed by atoms with Gasteiger partial charge in [0.2, 0.25) is 0 Å². The Bertz CT molecular complexity index is 519. The SMILES string of the molecule is CCCc1c(C(=O)O)cnn1CCS(=O)(=O)CC. The number of carbonyl (C=O) groups is 1. The van der Waals surface area contributed by atoms with Gasteiger partial charge >= 0.3 is 5.97 Å². The van der Waals surface area contributed by atoms with E-state index < -0.39 is 15.8 Å². The normalized spacial score (nSPS) is 11.7. The van der Waals surface area contributed by atoms with Gasteiger partial charge < -0.3 is 5.11 Å². The molecule has 1 heterocycles. The Kier molecular flexibility index (Phi) is 4.89. The van der Waals surface area contributed by atoms with E-state index in [-0.39, 0.29) is 23.6 Å². The van der Waals surface area contributed by atoms with Crippen molar-refractivity contribution < 1.29 is 18.3 Å². The number of hydrogen-bond acceptors (Lipinski definition) is 4. The molecule has 0 radical (unpaired) electrons. The van der Waals surface area contributed by atoms with Crippen LogP contribution in [-0.2, 0) is 22.8 Å². The summed E-state index contributed by atoms with van der Waals surface area (Å²) in [6.45, 7) is 3.73. The summed E-state index contributed by atoms with van der Waals surface area (Å²) in [4.78, 5) is 11.0. The molecule has 0 aromatic carbocycles. The van der Waals surface area contributed by atoms with E-state index in [0.717, 1.165) is 6.42 Å². The van der Waals surface area contributed by atoms with Gasteiger partial charge in [-0.1, -0.05) is 20.3 Å². The molecule has 0 aliphatic heterocycles. The van der Waals surface area contributed by atoms with E-state index in [4.69, 9.17) is 5.11 Å². The van der Waals surface area contributed by atoms with Gasteiger partial charge in [-0.05, 0) is 6.42 Å². The van der Waals surface area contributed by atoms with Crippen molar-refractivity contribution in [2.45, 2.75) is 33.2 Å². The van der Waals surface area contributed by atoms with E-state index in [2.05, 4.69) is 5.10 Å². The maximum atomic E-state index is 11.4. The van der Waals surface area contributed by atoms with Gasteiger partial charge in [0.1, 0.15) is 5.56 Å². The number of aromatic nitrogens is 2. The van der Waals surface area contributed by atoms with Gasteiger partial charge in [-0.3, -0.25) is 4.68 Å². The molecule has 18 heavy (non-hydrogen) atoms. The van der Waals surface area contributed by atoms with Crippen LogP contribution in [0.1, 0.15) is 36.3 Å². The zero-order valence-electron chi connectivity index (χ0n) is 10.6. The third-order valence-corrected chi connectivity index (χ3v) is 4.40. The monoisotopic (exact) mass is 274 g/mol. The fraction of sp³-hybridized carbons (Fsp3) is 0.636. The Labute approximate surface area is 107 Å². The molecule has 1 aromatic heterocycles. The fourth-order valence-electron chi connectivity index (χ4n) is 1.65. The summed E-state index contributed by atoms with van der Waals surface area (Å²) < 4.78 is 24.3. The van der Waals surface area contributed by atoms with Crippen LogP contribution >= 0.6 is 0 Å². The number of carboxylic acid groups (broad SMARTS) is 1. The molecule has 0 atom stereocenters. The van der Waals surface area contributed by atoms with Crippen molar-refractivity contribution in [3.05, 3.63) is 17.5 Å². The predicted octanol–water partition coefficient (Wildman–Crippen LogP) is 0.968. The quantitative estimate of drug-likeness (QED) is 0.800. The van der Waals surface area contributed by atoms with Crippen LogP contribution in [0.15, 0.2) is 6.20 Å². The van der Waals surface area contributed by atoms with Crippen molar-refractivity contribution in [1.29, 1.82) is 0 Å². The second-order valence-corrected chi connectivity index (χ2v) is 6.49. The molecule has 0 unspecified atom stereocenters. The standard InChI is InChI=1S/C11H18N2O4S/c1-3-5-10-9(11(14)15)8-12-13(10)6-7-18(16,17)4-2/h8H,3-7H2,1-2H3,(H,14,15). The molecule has 0 saturated carbocycles. The Hall–Kier alpha value is -1.37. The van der Waals surface area contributed by atoms with Crippen molar-refractivity contribution in [3.8, 4) is 0 Å². The van der Waals surface area contributed by atoms with Crippen LogP contribution in [0, 0.1) is 0 Å². The van der Waals surface area contributed by atoms with Crippen molar-refractivity contribution in [2.75, 3.05) is 11.5 Å². The summed E-state index contributed by atoms with van der Waals surface area (Å²) >= 11 is 0. The maximum Gasteiger partial charge on any atom is 0.339 e. The van der Waals surface area contributed by atoms with Gasteiger partial charge in [-0.2, -0.15) is 5.10 Å². The lowest BCUT2D eigenvalue weighted by atomic mass is 10.1. The predicted molar refractivity (Wildman–Crippen MR) is 67.5 cm³/mol. The second-order valence-electron chi connectivity index (χ2n) is 4.02. The Morgan fingerprint density at radius 1 is 1.44 bits per heavy atom. The zero-order valence-corrected chi connectivity index (χ0v) is 11.4. The summed E-state index contributed by atoms with van der Waals surface area (Å²) in [6, 6.07) is 0. The first-order valence-corrected chi connectivity index (χ1v) is 7.71. The third-order valence-electron chi connectivity index (χ3n) is 2.72. The van der Waals surface area contributed by atoms with Crippen LogP contribution in [-0.4, -0.2) is 40.8 Å². The Morgan fingerprint density at radius 2 is 2.11 bits per heavy atom. The summed E-state index contributed by atoms with van der Waals surface area (Å²) in [6.07, 6.45) is 2.65. The number of hydrogen-bond donors (Lipinski definition) is 1. The fourth-order valence-corrected chi connectivity index (χ4v) is 2.39. The van der Waals surface area contributed by atoms with Gasteiger partial charge in [0, 0.05) is 5.75 Å². The molecule has 1 rings (SSSR count). The lowest BCUT2D eigenvalue weighted by Gasteiger charge is -2.07. The minimum Gasteiger partial charge on any atom is -0.478 e. The van der Waals surface area contributed by atoms with Crippen LogP contribution in [0.2, 0.25) is 0 Å². The zero-order chi connectivity index (χ0) is 13.8. The van der Waals surface area contributed by atoms with Crippen molar-refractivity contribution in [1.82, 2.24) is 9.78 Å². The first-order valence-electron chi connectivity index (χ1n) is 5.89. The van der Waals surface area contributed by atoms with E-state index in [9.17, 15) is 13.2 Å². The number of aryl methyl sites for hydroxylation is 1. The summed E-state index contributed by atoms with van der Waals surface area (Å²) in [5.74, 6) is -0.951. The molecule has 1 N–H and O–H groups in total. The molecule has 0 bridgehead atoms. The highest BCUT2D eigenvalue weighted by molar-refractivity contribution is 7.91. The Balaban J connectivity index is 2.92. The molecule has 1 aromatic rings. The first kappa shape index (κ1) is 14.7. The van der Waals surface area contributed by atoms with Crippen molar-refractivity contribution >= 4 is 15.8 Å². The molecule has 0 amide bonds. The van der Waals surface area contributed by atoms with Crippen molar-refractivity contribution in [3.63, 3.8) is 0 Å². The molecular formula is C11H18N2O4S. The first-order chi connectivity index (χ1) is 8.41. The van der Waals surface area contributed by atoms with E-state index in [1.165, 1.54) is 10.9 Å². The van der Waals surface area contributed by atoms with Gasteiger partial charge in [0.15, 0.2) is 9.84 Å². The molecule has 0 saturated heterocycles. The van der Waals surface area contributed by atoms with E-state index in [1.807, 2.05) is 6.92 Å². The lowest BCUT2D eigenvalue weighted by Crippen LogP contribution is -2.17. The van der Waals surface area contributed by atoms with Gasteiger partial charge in [-0.25, -0.2) is 13.2 Å². The smallest absolute Gasteiger partial charge is 0.339 e. The molecule has 7 heteroatoms. The average molecular weight is 274 g/mol. The molecule has 0 fully saturated rings. The number of carboxylic acids is 1. The highest BCUT2D eigenvalue weighted by atomic mass is 32.2. The summed E-state index contributed by atoms with van der Waals surface area (Å²) in [7, 11) is -3.07. The molecule has 0 aliphatic rings. The number of aromatic carboxylic acids is 1. The summed E-state index contributed by atoms with van der Waals surface area (Å²) in [5.41, 5.74) is 0.752. The van der Waals surface area contributed by atoms with E-state index >= 15 is 0 Å². The molecular weight excluding hydrogens is 256 g/mol. The van der Waals surface area contributed by atoms with E-state index in [0.29, 0.717) is 12.1 Å². The van der Waals surface area contributed by atoms with Crippen LogP contribution in [0.5, 0.6) is 0 Å². The number of rotatable bonds is 7. The lowest BCUT2D eigenvalue weighted by molar-refractivity contribution is 0.0695. The van der Waals surface area contributed by atoms with Crippen LogP contribution in [0.3, 0.4) is 0 Å². The van der Waals surface area contributed by atoms with Crippen LogP contribution in [0.4, 0.5) is 0 Å².